The van der Waals surface area contributed by atoms with E-state index in [0.717, 1.165) is 36.0 Å². The van der Waals surface area contributed by atoms with Crippen LogP contribution < -0.4 is 5.56 Å². The molecule has 0 radical (unpaired) electrons. The minimum absolute atomic E-state index is 0.0686. The Labute approximate surface area is 97.9 Å². The number of thiol groups is 1. The molecule has 78 valence electrons. The fraction of sp³-hybridized carbons (Fsp3) is 0.500. The molecule has 0 saturated heterocycles. The molecule has 0 aliphatic carbocycles. The summed E-state index contributed by atoms with van der Waals surface area (Å²) in [6.07, 6.45) is 5.12. The molecule has 1 heterocycles. The first-order valence-corrected chi connectivity index (χ1v) is 6.13. The van der Waals surface area contributed by atoms with E-state index in [4.69, 9.17) is 0 Å². The average molecular weight is 276 g/mol. The van der Waals surface area contributed by atoms with Gasteiger partial charge in [-0.15, -0.1) is 0 Å². The van der Waals surface area contributed by atoms with Gasteiger partial charge >= 0.3 is 0 Å². The Hall–Kier alpha value is -0.220. The van der Waals surface area contributed by atoms with E-state index in [-0.39, 0.29) is 5.56 Å². The summed E-state index contributed by atoms with van der Waals surface area (Å²) in [6, 6.07) is 3.36. The molecule has 0 spiro atoms. The van der Waals surface area contributed by atoms with Crippen molar-refractivity contribution >= 4 is 28.6 Å². The zero-order valence-corrected chi connectivity index (χ0v) is 10.4. The fourth-order valence-corrected chi connectivity index (χ4v) is 1.85. The van der Waals surface area contributed by atoms with Crippen molar-refractivity contribution in [1.82, 2.24) is 4.57 Å². The Bertz CT molecular complexity index is 337. The van der Waals surface area contributed by atoms with Gasteiger partial charge in [0.1, 0.15) is 0 Å². The van der Waals surface area contributed by atoms with Gasteiger partial charge in [-0.2, -0.15) is 12.6 Å². The van der Waals surface area contributed by atoms with Gasteiger partial charge in [-0.1, -0.05) is 6.42 Å². The first kappa shape index (κ1) is 11.9. The molecular formula is C10H14BrNOS. The van der Waals surface area contributed by atoms with E-state index in [0.29, 0.717) is 0 Å². The quantitative estimate of drug-likeness (QED) is 0.648. The summed E-state index contributed by atoms with van der Waals surface area (Å²) in [7, 11) is 0. The van der Waals surface area contributed by atoms with Crippen molar-refractivity contribution in [3.63, 3.8) is 0 Å². The Kier molecular flexibility index (Phi) is 5.33. The summed E-state index contributed by atoms with van der Waals surface area (Å²) >= 11 is 7.49. The number of rotatable bonds is 5. The molecule has 0 amide bonds. The van der Waals surface area contributed by atoms with Crippen molar-refractivity contribution < 1.29 is 0 Å². The molecule has 14 heavy (non-hydrogen) atoms. The van der Waals surface area contributed by atoms with E-state index in [9.17, 15) is 4.79 Å². The van der Waals surface area contributed by atoms with Gasteiger partial charge < -0.3 is 4.57 Å². The summed E-state index contributed by atoms with van der Waals surface area (Å²) in [4.78, 5) is 11.4. The molecular weight excluding hydrogens is 262 g/mol. The molecule has 0 N–H and O–H groups in total. The van der Waals surface area contributed by atoms with E-state index < -0.39 is 0 Å². The number of nitrogens with zero attached hydrogens (tertiary/aromatic N) is 1. The van der Waals surface area contributed by atoms with Crippen molar-refractivity contribution in [3.8, 4) is 0 Å². The first-order valence-electron chi connectivity index (χ1n) is 4.71. The maximum absolute atomic E-state index is 11.4. The minimum atomic E-state index is 0.0686. The van der Waals surface area contributed by atoms with Crippen LogP contribution in [-0.4, -0.2) is 10.3 Å². The second kappa shape index (κ2) is 6.30. The van der Waals surface area contributed by atoms with Gasteiger partial charge in [-0.05, 0) is 40.6 Å². The maximum atomic E-state index is 11.4. The minimum Gasteiger partial charge on any atom is -0.314 e. The van der Waals surface area contributed by atoms with Crippen LogP contribution in [0.1, 0.15) is 19.3 Å². The SMILES string of the molecule is O=c1ccc(Br)cn1CCCCCS. The van der Waals surface area contributed by atoms with Crippen LogP contribution in [0.15, 0.2) is 27.6 Å². The highest BCUT2D eigenvalue weighted by Gasteiger charge is 1.96. The second-order valence-electron chi connectivity index (χ2n) is 3.16. The topological polar surface area (TPSA) is 22.0 Å². The number of halogens is 1. The van der Waals surface area contributed by atoms with Crippen LogP contribution in [0.3, 0.4) is 0 Å². The molecule has 1 aromatic rings. The molecule has 0 aromatic carbocycles. The van der Waals surface area contributed by atoms with E-state index >= 15 is 0 Å². The average Bonchev–Trinajstić information content (AvgIpc) is 2.18. The highest BCUT2D eigenvalue weighted by atomic mass is 79.9. The number of pyridine rings is 1. The van der Waals surface area contributed by atoms with Crippen LogP contribution in [0.2, 0.25) is 0 Å². The predicted octanol–water partition coefficient (Wildman–Crippen LogP) is 2.71. The molecule has 0 aliphatic heterocycles. The van der Waals surface area contributed by atoms with E-state index in [2.05, 4.69) is 28.6 Å². The smallest absolute Gasteiger partial charge is 0.250 e. The lowest BCUT2D eigenvalue weighted by molar-refractivity contribution is 0.588. The maximum Gasteiger partial charge on any atom is 0.250 e. The molecule has 1 rings (SSSR count). The molecule has 0 saturated carbocycles. The first-order chi connectivity index (χ1) is 6.74. The van der Waals surface area contributed by atoms with Crippen LogP contribution in [0.25, 0.3) is 0 Å². The lowest BCUT2D eigenvalue weighted by Gasteiger charge is -2.04. The van der Waals surface area contributed by atoms with Gasteiger partial charge in [0.15, 0.2) is 0 Å². The normalized spacial score (nSPS) is 10.4. The number of aromatic nitrogens is 1. The van der Waals surface area contributed by atoms with E-state index in [1.54, 1.807) is 16.7 Å². The fourth-order valence-electron chi connectivity index (χ4n) is 1.25. The Morgan fingerprint density at radius 3 is 2.79 bits per heavy atom. The number of hydrogen-bond acceptors (Lipinski definition) is 2. The van der Waals surface area contributed by atoms with Gasteiger partial charge in [0.2, 0.25) is 0 Å². The van der Waals surface area contributed by atoms with Gasteiger partial charge in [0.25, 0.3) is 5.56 Å². The van der Waals surface area contributed by atoms with Crippen molar-refractivity contribution in [1.29, 1.82) is 0 Å². The largest absolute Gasteiger partial charge is 0.314 e. The Morgan fingerprint density at radius 1 is 1.29 bits per heavy atom. The van der Waals surface area contributed by atoms with Crippen LogP contribution in [0, 0.1) is 0 Å². The molecule has 0 atom stereocenters. The zero-order chi connectivity index (χ0) is 10.4. The summed E-state index contributed by atoms with van der Waals surface area (Å²) in [5.41, 5.74) is 0.0686. The zero-order valence-electron chi connectivity index (χ0n) is 7.95. The second-order valence-corrected chi connectivity index (χ2v) is 4.53. The third-order valence-electron chi connectivity index (χ3n) is 2.00. The van der Waals surface area contributed by atoms with Gasteiger partial charge in [-0.25, -0.2) is 0 Å². The number of hydrogen-bond donors (Lipinski definition) is 1. The molecule has 1 aromatic heterocycles. The number of unbranched alkanes of at least 4 members (excludes halogenated alkanes) is 2. The van der Waals surface area contributed by atoms with E-state index in [1.165, 1.54) is 0 Å². The van der Waals surface area contributed by atoms with Crippen molar-refractivity contribution in [2.75, 3.05) is 5.75 Å². The van der Waals surface area contributed by atoms with Crippen LogP contribution in [0.4, 0.5) is 0 Å². The summed E-state index contributed by atoms with van der Waals surface area (Å²) in [6.45, 7) is 0.798. The van der Waals surface area contributed by atoms with Crippen molar-refractivity contribution in [3.05, 3.63) is 33.2 Å². The Morgan fingerprint density at radius 2 is 2.07 bits per heavy atom. The van der Waals surface area contributed by atoms with Gasteiger partial charge in [0.05, 0.1) is 0 Å². The molecule has 0 bridgehead atoms. The molecule has 0 fully saturated rings. The van der Waals surface area contributed by atoms with Crippen LogP contribution >= 0.6 is 28.6 Å². The predicted molar refractivity (Wildman–Crippen MR) is 66.1 cm³/mol. The lowest BCUT2D eigenvalue weighted by Crippen LogP contribution is -2.18. The monoisotopic (exact) mass is 275 g/mol. The third-order valence-corrected chi connectivity index (χ3v) is 2.79. The third kappa shape index (κ3) is 3.88. The van der Waals surface area contributed by atoms with E-state index in [1.807, 2.05) is 6.20 Å². The molecule has 0 unspecified atom stereocenters. The summed E-state index contributed by atoms with van der Waals surface area (Å²) in [5.74, 6) is 0.924. The highest BCUT2D eigenvalue weighted by Crippen LogP contribution is 2.06. The van der Waals surface area contributed by atoms with Crippen molar-refractivity contribution in [2.45, 2.75) is 25.8 Å². The highest BCUT2D eigenvalue weighted by molar-refractivity contribution is 9.10. The molecule has 2 nitrogen and oxygen atoms in total. The lowest BCUT2D eigenvalue weighted by atomic mass is 10.2. The number of aryl methyl sites for hydroxylation is 1. The molecule has 4 heteroatoms. The van der Waals surface area contributed by atoms with Gasteiger partial charge in [0, 0.05) is 23.3 Å². The van der Waals surface area contributed by atoms with Crippen LogP contribution in [-0.2, 0) is 6.54 Å². The van der Waals surface area contributed by atoms with Gasteiger partial charge in [-0.3, -0.25) is 4.79 Å². The summed E-state index contributed by atoms with van der Waals surface area (Å²) < 4.78 is 2.69. The Balaban J connectivity index is 2.49. The summed E-state index contributed by atoms with van der Waals surface area (Å²) in [5, 5.41) is 0. The standard InChI is InChI=1S/C10H14BrNOS/c11-9-4-5-10(13)12(8-9)6-2-1-3-7-14/h4-5,8,14H,1-3,6-7H2. The van der Waals surface area contributed by atoms with Crippen LogP contribution in [0.5, 0.6) is 0 Å². The molecule has 0 aliphatic rings. The van der Waals surface area contributed by atoms with Crippen molar-refractivity contribution in [2.24, 2.45) is 0 Å².